The average Bonchev–Trinajstić information content (AvgIpc) is 3.39. The summed E-state index contributed by atoms with van der Waals surface area (Å²) in [4.78, 5) is 15.3. The fourth-order valence-corrected chi connectivity index (χ4v) is 4.16. The Balaban J connectivity index is 0.000000241. The number of carboxylic acids is 1. The summed E-state index contributed by atoms with van der Waals surface area (Å²) < 4.78 is 17.2. The summed E-state index contributed by atoms with van der Waals surface area (Å²) in [6, 6.07) is 32.4. The van der Waals surface area contributed by atoms with Crippen LogP contribution >= 0.6 is 0 Å². The number of para-hydroxylation sites is 1. The molecule has 4 aromatic carbocycles. The zero-order valence-electron chi connectivity index (χ0n) is 23.5. The number of hydrogen-bond acceptors (Lipinski definition) is 7. The van der Waals surface area contributed by atoms with Crippen molar-refractivity contribution in [3.05, 3.63) is 126 Å². The van der Waals surface area contributed by atoms with Crippen molar-refractivity contribution in [1.29, 1.82) is 0 Å². The maximum absolute atomic E-state index is 10.8. The van der Waals surface area contributed by atoms with E-state index in [1.165, 1.54) is 0 Å². The van der Waals surface area contributed by atoms with E-state index in [0.717, 1.165) is 45.3 Å². The van der Waals surface area contributed by atoms with E-state index in [1.54, 1.807) is 0 Å². The molecule has 0 saturated heterocycles. The first-order valence-corrected chi connectivity index (χ1v) is 13.7. The summed E-state index contributed by atoms with van der Waals surface area (Å²) in [7, 11) is 0. The van der Waals surface area contributed by atoms with E-state index in [1.807, 2.05) is 110 Å². The second kappa shape index (κ2) is 15.1. The summed E-state index contributed by atoms with van der Waals surface area (Å²) in [6.07, 6.45) is 1.17. The molecule has 0 aliphatic carbocycles. The number of nitrogens with two attached hydrogens (primary N) is 2. The molecular formula is C34H35N3O5. The number of oxazole rings is 1. The number of benzene rings is 4. The zero-order chi connectivity index (χ0) is 29.7. The fraction of sp³-hybridized carbons (Fsp3) is 0.176. The van der Waals surface area contributed by atoms with E-state index in [9.17, 15) is 4.79 Å². The van der Waals surface area contributed by atoms with E-state index in [0.29, 0.717) is 37.6 Å². The van der Waals surface area contributed by atoms with Gasteiger partial charge in [-0.05, 0) is 85.1 Å². The van der Waals surface area contributed by atoms with E-state index in [4.69, 9.17) is 30.5 Å². The lowest BCUT2D eigenvalue weighted by Gasteiger charge is -2.11. The molecule has 0 aliphatic heterocycles. The molecule has 42 heavy (non-hydrogen) atoms. The first kappa shape index (κ1) is 29.9. The Bertz CT molecular complexity index is 1550. The summed E-state index contributed by atoms with van der Waals surface area (Å²) in [5, 5.41) is 8.84. The number of anilines is 1. The highest BCUT2D eigenvalue weighted by molar-refractivity contribution is 5.67. The highest BCUT2D eigenvalue weighted by atomic mass is 16.5. The highest BCUT2D eigenvalue weighted by Gasteiger charge is 2.12. The third-order valence-electron chi connectivity index (χ3n) is 6.39. The third kappa shape index (κ3) is 8.97. The molecular weight excluding hydrogens is 530 g/mol. The average molecular weight is 566 g/mol. The van der Waals surface area contributed by atoms with E-state index < -0.39 is 5.97 Å². The van der Waals surface area contributed by atoms with Crippen molar-refractivity contribution in [2.75, 3.05) is 12.3 Å². The highest BCUT2D eigenvalue weighted by Crippen LogP contribution is 2.24. The van der Waals surface area contributed by atoms with Crippen molar-refractivity contribution < 1.29 is 23.8 Å². The van der Waals surface area contributed by atoms with Crippen LogP contribution in [0.15, 0.2) is 108 Å². The maximum Gasteiger partial charge on any atom is 0.303 e. The van der Waals surface area contributed by atoms with Crippen LogP contribution in [0.3, 0.4) is 0 Å². The number of hydrogen-bond donors (Lipinski definition) is 3. The molecule has 5 N–H and O–H groups in total. The number of aryl methyl sites for hydroxylation is 2. The largest absolute Gasteiger partial charge is 0.493 e. The molecule has 0 radical (unpaired) electrons. The molecule has 0 unspecified atom stereocenters. The summed E-state index contributed by atoms with van der Waals surface area (Å²) in [6.45, 7) is 2.70. The molecule has 0 spiro atoms. The first-order valence-electron chi connectivity index (χ1n) is 13.7. The molecule has 1 heterocycles. The topological polar surface area (TPSA) is 134 Å². The van der Waals surface area contributed by atoms with E-state index >= 15 is 0 Å². The van der Waals surface area contributed by atoms with Crippen molar-refractivity contribution in [3.63, 3.8) is 0 Å². The minimum atomic E-state index is -0.818. The number of nitrogens with zero attached hydrogens (tertiary/aromatic N) is 1. The zero-order valence-corrected chi connectivity index (χ0v) is 23.5. The van der Waals surface area contributed by atoms with Crippen LogP contribution in [-0.4, -0.2) is 22.7 Å². The molecule has 8 heteroatoms. The lowest BCUT2D eigenvalue weighted by molar-refractivity contribution is -0.136. The molecule has 0 fully saturated rings. The minimum Gasteiger partial charge on any atom is -0.493 e. The van der Waals surface area contributed by atoms with Gasteiger partial charge in [0.2, 0.25) is 5.89 Å². The lowest BCUT2D eigenvalue weighted by Crippen LogP contribution is -2.07. The number of ether oxygens (including phenoxy) is 2. The van der Waals surface area contributed by atoms with Gasteiger partial charge in [0, 0.05) is 30.6 Å². The monoisotopic (exact) mass is 565 g/mol. The molecule has 5 rings (SSSR count). The maximum atomic E-state index is 10.8. The second-order valence-corrected chi connectivity index (χ2v) is 9.50. The molecule has 0 amide bonds. The Morgan fingerprint density at radius 2 is 1.48 bits per heavy atom. The minimum absolute atomic E-state index is 0.0857. The lowest BCUT2D eigenvalue weighted by atomic mass is 10.0. The van der Waals surface area contributed by atoms with Gasteiger partial charge < -0.3 is 30.5 Å². The van der Waals surface area contributed by atoms with Crippen LogP contribution in [0.2, 0.25) is 0 Å². The Morgan fingerprint density at radius 3 is 2.14 bits per heavy atom. The summed E-state index contributed by atoms with van der Waals surface area (Å²) in [5.41, 5.74) is 15.8. The predicted octanol–water partition coefficient (Wildman–Crippen LogP) is 6.81. The molecule has 5 aromatic rings. The van der Waals surface area contributed by atoms with Gasteiger partial charge in [-0.25, -0.2) is 4.98 Å². The summed E-state index contributed by atoms with van der Waals surface area (Å²) >= 11 is 0. The second-order valence-electron chi connectivity index (χ2n) is 9.50. The normalized spacial score (nSPS) is 10.4. The quantitative estimate of drug-likeness (QED) is 0.149. The smallest absolute Gasteiger partial charge is 0.303 e. The van der Waals surface area contributed by atoms with Crippen molar-refractivity contribution in [2.45, 2.75) is 32.7 Å². The Morgan fingerprint density at radius 1 is 0.833 bits per heavy atom. The van der Waals surface area contributed by atoms with Crippen LogP contribution in [0.25, 0.3) is 11.5 Å². The van der Waals surface area contributed by atoms with Crippen LogP contribution in [0.5, 0.6) is 17.2 Å². The van der Waals surface area contributed by atoms with Gasteiger partial charge in [0.05, 0.1) is 12.3 Å². The van der Waals surface area contributed by atoms with Crippen LogP contribution < -0.4 is 20.9 Å². The first-order chi connectivity index (χ1) is 20.4. The van der Waals surface area contributed by atoms with Gasteiger partial charge in [-0.2, -0.15) is 0 Å². The van der Waals surface area contributed by atoms with Gasteiger partial charge >= 0.3 is 5.97 Å². The van der Waals surface area contributed by atoms with Crippen LogP contribution in [0.1, 0.15) is 29.0 Å². The van der Waals surface area contributed by atoms with Crippen molar-refractivity contribution >= 4 is 11.7 Å². The molecule has 0 saturated carbocycles. The number of rotatable bonds is 11. The molecule has 0 bridgehead atoms. The van der Waals surface area contributed by atoms with Gasteiger partial charge in [-0.3, -0.25) is 4.79 Å². The van der Waals surface area contributed by atoms with Crippen molar-refractivity contribution in [2.24, 2.45) is 5.73 Å². The fourth-order valence-electron chi connectivity index (χ4n) is 4.16. The van der Waals surface area contributed by atoms with Gasteiger partial charge in [0.15, 0.2) is 0 Å². The van der Waals surface area contributed by atoms with Crippen LogP contribution in [0.4, 0.5) is 5.69 Å². The van der Waals surface area contributed by atoms with E-state index in [2.05, 4.69) is 4.98 Å². The standard InChI is InChI=1S/C22H24N2O4.C12H11NO/c1-15-20(24-22(28-15)17-5-3-2-4-6-17)11-12-27-19-9-7-16(8-10-21(25)26)18(13-19)14-23;13-10-6-8-12(9-7-10)14-11-4-2-1-3-5-11/h2-7,9,13H,8,10-12,14,23H2,1H3,(H,25,26);1-9H,13H2. The molecule has 0 aliphatic rings. The number of aliphatic carboxylic acids is 1. The van der Waals surface area contributed by atoms with E-state index in [-0.39, 0.29) is 6.42 Å². The van der Waals surface area contributed by atoms with Gasteiger partial charge in [0.1, 0.15) is 23.0 Å². The Hall–Kier alpha value is -5.08. The van der Waals surface area contributed by atoms with Gasteiger partial charge in [0.25, 0.3) is 0 Å². The molecule has 1 aromatic heterocycles. The van der Waals surface area contributed by atoms with Gasteiger partial charge in [-0.1, -0.05) is 42.5 Å². The third-order valence-corrected chi connectivity index (χ3v) is 6.39. The molecule has 216 valence electrons. The van der Waals surface area contributed by atoms with Crippen LogP contribution in [0, 0.1) is 6.92 Å². The van der Waals surface area contributed by atoms with Crippen molar-refractivity contribution in [3.8, 4) is 28.7 Å². The summed E-state index contributed by atoms with van der Waals surface area (Å²) in [5.74, 6) is 2.92. The van der Waals surface area contributed by atoms with Crippen molar-refractivity contribution in [1.82, 2.24) is 4.98 Å². The number of aromatic nitrogens is 1. The molecule has 8 nitrogen and oxygen atoms in total. The van der Waals surface area contributed by atoms with Gasteiger partial charge in [-0.15, -0.1) is 0 Å². The molecule has 0 atom stereocenters. The number of nitrogen functional groups attached to an aromatic ring is 1. The van der Waals surface area contributed by atoms with Crippen LogP contribution in [-0.2, 0) is 24.2 Å². The Kier molecular flexibility index (Phi) is 10.7. The Labute approximate surface area is 245 Å². The SMILES string of the molecule is Cc1oc(-c2ccccc2)nc1CCOc1ccc(CCC(=O)O)c(CN)c1.Nc1ccc(Oc2ccccc2)cc1. The number of carbonyl (C=O) groups is 1. The number of carboxylic acid groups (broad SMARTS) is 1. The predicted molar refractivity (Wildman–Crippen MR) is 164 cm³/mol.